The van der Waals surface area contributed by atoms with E-state index in [1.807, 2.05) is 6.07 Å². The maximum absolute atomic E-state index is 11.4. The van der Waals surface area contributed by atoms with E-state index in [0.717, 1.165) is 0 Å². The number of carbonyl (C=O) groups is 1. The van der Waals surface area contributed by atoms with Crippen LogP contribution in [0.3, 0.4) is 0 Å². The largest absolute Gasteiger partial charge is 0.382 e. The number of carbonyl (C=O) groups excluding carboxylic acids is 1. The van der Waals surface area contributed by atoms with Crippen molar-refractivity contribution < 1.29 is 9.63 Å². The van der Waals surface area contributed by atoms with Gasteiger partial charge >= 0.3 is 0 Å². The van der Waals surface area contributed by atoms with E-state index in [1.54, 1.807) is 31.3 Å². The lowest BCUT2D eigenvalue weighted by Crippen LogP contribution is -2.19. The van der Waals surface area contributed by atoms with Crippen molar-refractivity contribution in [3.8, 4) is 5.75 Å². The monoisotopic (exact) mass is 277 g/mol. The third-order valence-electron chi connectivity index (χ3n) is 2.30. The van der Waals surface area contributed by atoms with Crippen LogP contribution in [0.4, 0.5) is 5.69 Å². The first kappa shape index (κ1) is 13.2. The minimum Gasteiger partial charge on any atom is -0.382 e. The molecule has 0 unspecified atom stereocenters. The summed E-state index contributed by atoms with van der Waals surface area (Å²) in [6, 6.07) is 10.3. The Morgan fingerprint density at radius 1 is 1.32 bits per heavy atom. The molecule has 0 atom stereocenters. The maximum atomic E-state index is 11.4. The zero-order valence-electron chi connectivity index (χ0n) is 10.2. The predicted molar refractivity (Wildman–Crippen MR) is 73.3 cm³/mol. The lowest BCUT2D eigenvalue weighted by atomic mass is 10.3. The van der Waals surface area contributed by atoms with Crippen LogP contribution in [0, 0.1) is 0 Å². The lowest BCUT2D eigenvalue weighted by Gasteiger charge is -2.09. The fourth-order valence-corrected chi connectivity index (χ4v) is 1.59. The van der Waals surface area contributed by atoms with Crippen molar-refractivity contribution in [2.45, 2.75) is 0 Å². The van der Waals surface area contributed by atoms with Crippen molar-refractivity contribution in [2.24, 2.45) is 0 Å². The van der Waals surface area contributed by atoms with Gasteiger partial charge < -0.3 is 10.2 Å². The van der Waals surface area contributed by atoms with Gasteiger partial charge in [-0.2, -0.15) is 0 Å². The minimum atomic E-state index is -0.270. The number of amides is 1. The van der Waals surface area contributed by atoms with E-state index in [2.05, 4.69) is 15.8 Å². The number of nitrogens with zero attached hydrogens (tertiary/aromatic N) is 1. The zero-order valence-corrected chi connectivity index (χ0v) is 10.9. The second kappa shape index (κ2) is 6.06. The summed E-state index contributed by atoms with van der Waals surface area (Å²) in [5, 5.41) is 3.10. The molecule has 0 bridgehead atoms. The topological polar surface area (TPSA) is 63.2 Å². The Morgan fingerprint density at radius 3 is 2.89 bits per heavy atom. The van der Waals surface area contributed by atoms with Gasteiger partial charge in [0.05, 0.1) is 5.69 Å². The molecule has 0 fully saturated rings. The molecule has 0 spiro atoms. The number of hydrogen-bond donors (Lipinski definition) is 2. The Bertz CT molecular complexity index is 590. The van der Waals surface area contributed by atoms with Crippen LogP contribution in [0.5, 0.6) is 5.75 Å². The van der Waals surface area contributed by atoms with E-state index in [4.69, 9.17) is 16.4 Å². The fourth-order valence-electron chi connectivity index (χ4n) is 1.40. The first-order valence-corrected chi connectivity index (χ1v) is 5.93. The van der Waals surface area contributed by atoms with E-state index in [1.165, 1.54) is 12.3 Å². The third-order valence-corrected chi connectivity index (χ3v) is 2.54. The molecule has 0 aliphatic heterocycles. The van der Waals surface area contributed by atoms with E-state index in [0.29, 0.717) is 16.5 Å². The van der Waals surface area contributed by atoms with Gasteiger partial charge in [0.1, 0.15) is 5.69 Å². The summed E-state index contributed by atoms with van der Waals surface area (Å²) in [6.45, 7) is 0. The molecule has 98 valence electrons. The van der Waals surface area contributed by atoms with Gasteiger partial charge in [0.15, 0.2) is 5.75 Å². The van der Waals surface area contributed by atoms with Gasteiger partial charge in [0.2, 0.25) is 0 Å². The number of nitrogens with one attached hydrogen (secondary N) is 2. The smallest absolute Gasteiger partial charge is 0.269 e. The van der Waals surface area contributed by atoms with Gasteiger partial charge in [-0.1, -0.05) is 17.7 Å². The highest BCUT2D eigenvalue weighted by molar-refractivity contribution is 6.30. The Labute approximate surface area is 115 Å². The first-order valence-electron chi connectivity index (χ1n) is 5.55. The molecule has 2 N–H and O–H groups in total. The Hall–Kier alpha value is -2.27. The second-order valence-electron chi connectivity index (χ2n) is 3.67. The Morgan fingerprint density at radius 2 is 2.16 bits per heavy atom. The third kappa shape index (κ3) is 3.59. The molecule has 1 aromatic heterocycles. The lowest BCUT2D eigenvalue weighted by molar-refractivity contribution is 0.0958. The summed E-state index contributed by atoms with van der Waals surface area (Å²) in [7, 11) is 1.54. The van der Waals surface area contributed by atoms with Crippen LogP contribution >= 0.6 is 11.6 Å². The van der Waals surface area contributed by atoms with Crippen LogP contribution in [0.25, 0.3) is 0 Å². The van der Waals surface area contributed by atoms with Gasteiger partial charge in [-0.25, -0.2) is 5.48 Å². The number of aromatic nitrogens is 1. The normalized spacial score (nSPS) is 9.79. The highest BCUT2D eigenvalue weighted by atomic mass is 35.5. The minimum absolute atomic E-state index is 0.270. The standard InChI is InChI=1S/C13H12ClN3O2/c1-15-13(18)12-8-11(5-6-16-12)19-17-10-4-2-3-9(14)7-10/h2-8,17H,1H3,(H,15,18). The van der Waals surface area contributed by atoms with Crippen LogP contribution in [-0.4, -0.2) is 17.9 Å². The summed E-state index contributed by atoms with van der Waals surface area (Å²) in [6.07, 6.45) is 1.50. The molecule has 0 radical (unpaired) electrons. The highest BCUT2D eigenvalue weighted by Gasteiger charge is 2.06. The molecule has 1 aromatic carbocycles. The van der Waals surface area contributed by atoms with Crippen molar-refractivity contribution in [1.82, 2.24) is 10.3 Å². The summed E-state index contributed by atoms with van der Waals surface area (Å²) in [4.78, 5) is 20.7. The molecule has 19 heavy (non-hydrogen) atoms. The molecular formula is C13H12ClN3O2. The van der Waals surface area contributed by atoms with Crippen molar-refractivity contribution >= 4 is 23.2 Å². The number of pyridine rings is 1. The average molecular weight is 278 g/mol. The molecule has 5 nitrogen and oxygen atoms in total. The van der Waals surface area contributed by atoms with Crippen LogP contribution in [0.15, 0.2) is 42.6 Å². The van der Waals surface area contributed by atoms with Crippen LogP contribution in [0.2, 0.25) is 5.02 Å². The summed E-state index contributed by atoms with van der Waals surface area (Å²) < 4.78 is 0. The fraction of sp³-hybridized carbons (Fsp3) is 0.0769. The number of halogens is 1. The van der Waals surface area contributed by atoms with Crippen molar-refractivity contribution in [2.75, 3.05) is 12.5 Å². The van der Waals surface area contributed by atoms with Crippen LogP contribution in [0.1, 0.15) is 10.5 Å². The molecule has 1 amide bonds. The molecule has 0 saturated heterocycles. The molecule has 2 aromatic rings. The molecule has 2 rings (SSSR count). The number of hydrogen-bond acceptors (Lipinski definition) is 4. The van der Waals surface area contributed by atoms with E-state index >= 15 is 0 Å². The zero-order chi connectivity index (χ0) is 13.7. The second-order valence-corrected chi connectivity index (χ2v) is 4.11. The SMILES string of the molecule is CNC(=O)c1cc(ONc2cccc(Cl)c2)ccn1. The van der Waals surface area contributed by atoms with Gasteiger partial charge in [0, 0.05) is 30.4 Å². The summed E-state index contributed by atoms with van der Waals surface area (Å²) in [5.41, 5.74) is 3.74. The van der Waals surface area contributed by atoms with Gasteiger partial charge in [0.25, 0.3) is 5.91 Å². The molecule has 0 aliphatic carbocycles. The quantitative estimate of drug-likeness (QED) is 0.843. The van der Waals surface area contributed by atoms with Gasteiger partial charge in [-0.05, 0) is 18.2 Å². The Balaban J connectivity index is 2.05. The van der Waals surface area contributed by atoms with Crippen molar-refractivity contribution in [1.29, 1.82) is 0 Å². The van der Waals surface area contributed by atoms with Crippen LogP contribution < -0.4 is 15.6 Å². The van der Waals surface area contributed by atoms with Gasteiger partial charge in [-0.3, -0.25) is 9.78 Å². The summed E-state index contributed by atoms with van der Waals surface area (Å²) in [5.74, 6) is 0.210. The van der Waals surface area contributed by atoms with Crippen molar-refractivity contribution in [3.63, 3.8) is 0 Å². The Kier molecular flexibility index (Phi) is 4.20. The molecular weight excluding hydrogens is 266 g/mol. The number of rotatable bonds is 4. The van der Waals surface area contributed by atoms with Crippen LogP contribution in [-0.2, 0) is 0 Å². The average Bonchev–Trinajstić information content (AvgIpc) is 2.45. The van der Waals surface area contributed by atoms with E-state index in [9.17, 15) is 4.79 Å². The summed E-state index contributed by atoms with van der Waals surface area (Å²) >= 11 is 5.85. The molecule has 0 aliphatic rings. The highest BCUT2D eigenvalue weighted by Crippen LogP contribution is 2.17. The van der Waals surface area contributed by atoms with Crippen molar-refractivity contribution in [3.05, 3.63) is 53.3 Å². The maximum Gasteiger partial charge on any atom is 0.269 e. The van der Waals surface area contributed by atoms with Gasteiger partial charge in [-0.15, -0.1) is 0 Å². The van der Waals surface area contributed by atoms with E-state index < -0.39 is 0 Å². The number of anilines is 1. The molecule has 1 heterocycles. The number of benzene rings is 1. The van der Waals surface area contributed by atoms with E-state index in [-0.39, 0.29) is 11.6 Å². The molecule has 0 saturated carbocycles. The molecule has 6 heteroatoms. The predicted octanol–water partition coefficient (Wildman–Crippen LogP) is 2.50. The first-order chi connectivity index (χ1) is 9.19.